The third-order valence-electron chi connectivity index (χ3n) is 8.19. The predicted molar refractivity (Wildman–Crippen MR) is 202 cm³/mol. The molecule has 0 saturated carbocycles. The average Bonchev–Trinajstić information content (AvgIpc) is 3.98. The number of fused-ring (bicyclic) bond motifs is 2. The van der Waals surface area contributed by atoms with Crippen molar-refractivity contribution in [2.24, 2.45) is 5.92 Å². The Balaban J connectivity index is 0.000000304. The lowest BCUT2D eigenvalue weighted by atomic mass is 9.93. The van der Waals surface area contributed by atoms with E-state index in [1.54, 1.807) is 51.1 Å². The molecule has 304 valence electrons. The summed E-state index contributed by atoms with van der Waals surface area (Å²) < 4.78 is 20.1. The van der Waals surface area contributed by atoms with Crippen molar-refractivity contribution < 1.29 is 62.4 Å². The summed E-state index contributed by atoms with van der Waals surface area (Å²) in [5, 5.41) is 26.3. The van der Waals surface area contributed by atoms with Crippen molar-refractivity contribution >= 4 is 53.3 Å². The molecule has 5 rings (SSSR count). The van der Waals surface area contributed by atoms with E-state index < -0.39 is 66.4 Å². The monoisotopic (exact) mass is 792 g/mol. The van der Waals surface area contributed by atoms with Gasteiger partial charge in [-0.25, -0.2) is 9.80 Å². The second-order valence-electron chi connectivity index (χ2n) is 12.7. The number of benzene rings is 3. The number of methoxy groups -OCH3 is 1. The summed E-state index contributed by atoms with van der Waals surface area (Å²) in [6, 6.07) is 14.3. The maximum atomic E-state index is 12.6. The van der Waals surface area contributed by atoms with E-state index in [0.29, 0.717) is 21.9 Å². The number of epoxide rings is 1. The molecular weight excluding hydrogens is 748 g/mol. The molecule has 18 heteroatoms. The number of phenols is 2. The summed E-state index contributed by atoms with van der Waals surface area (Å²) >= 11 is 0. The number of phenolic OH excluding ortho intramolecular Hbond substituents is 2. The number of hydrogen-bond donors (Lipinski definition) is 5. The van der Waals surface area contributed by atoms with Gasteiger partial charge in [0.25, 0.3) is 11.8 Å². The van der Waals surface area contributed by atoms with Gasteiger partial charge in [0, 0.05) is 41.1 Å². The average molecular weight is 793 g/mol. The zero-order chi connectivity index (χ0) is 42.6. The molecule has 4 atom stereocenters. The summed E-state index contributed by atoms with van der Waals surface area (Å²) in [6.45, 7) is 9.08. The standard InChI is InChI=1S/C19H30N4O9.C19H12O4.CH2O/c1-7-31-19(29)15-14(32-15)18(28)23(8-12(25)30-6)22-16(26)10(4)20-17(27)13(9(2)3)21-11(5)24;20-11-5-7-14-17(9-11)23-18-10-12(21)6-8-15(18)19(14)13-3-1-2-4-16(13)22;1-2/h9-10,13-15H,7-8H2,1-6H3,(H,20,27)(H,21,24)(H,22,26);1-10,20,22H;1H2. The fraction of sp³-hybridized carbons (Fsp3) is 0.333. The van der Waals surface area contributed by atoms with Gasteiger partial charge in [0.1, 0.15) is 48.3 Å². The van der Waals surface area contributed by atoms with Gasteiger partial charge in [-0.05, 0) is 50.1 Å². The van der Waals surface area contributed by atoms with Crippen LogP contribution >= 0.6 is 0 Å². The van der Waals surface area contributed by atoms with Crippen LogP contribution in [0.4, 0.5) is 0 Å². The molecule has 1 aliphatic carbocycles. The van der Waals surface area contributed by atoms with Crippen LogP contribution in [0.2, 0.25) is 0 Å². The van der Waals surface area contributed by atoms with E-state index in [9.17, 15) is 43.8 Å². The van der Waals surface area contributed by atoms with E-state index in [1.807, 2.05) is 18.9 Å². The minimum Gasteiger partial charge on any atom is -0.508 e. The van der Waals surface area contributed by atoms with Crippen molar-refractivity contribution in [2.75, 3.05) is 20.3 Å². The SMILES string of the molecule is C=O.CCOC(=O)C1OC1C(=O)N(CC(=O)OC)NC(=O)C(C)NC(=O)C(NC(C)=O)C(C)C.O=c1ccc2c(-c3ccccc3O)c3ccc(O)cc3oc-2c1. The molecule has 0 spiro atoms. The summed E-state index contributed by atoms with van der Waals surface area (Å²) in [5.41, 5.74) is 4.63. The van der Waals surface area contributed by atoms with Crippen LogP contribution in [0.1, 0.15) is 34.6 Å². The van der Waals surface area contributed by atoms with Gasteiger partial charge in [0.05, 0.1) is 13.7 Å². The van der Waals surface area contributed by atoms with Crippen LogP contribution in [0.25, 0.3) is 33.4 Å². The molecule has 18 nitrogen and oxygen atoms in total. The molecule has 4 amide bonds. The summed E-state index contributed by atoms with van der Waals surface area (Å²) in [6.07, 6.45) is -2.37. The molecule has 57 heavy (non-hydrogen) atoms. The van der Waals surface area contributed by atoms with Gasteiger partial charge in [-0.15, -0.1) is 0 Å². The van der Waals surface area contributed by atoms with E-state index in [4.69, 9.17) is 18.7 Å². The van der Waals surface area contributed by atoms with Gasteiger partial charge < -0.3 is 44.3 Å². The molecule has 0 radical (unpaired) electrons. The molecule has 1 saturated heterocycles. The van der Waals surface area contributed by atoms with E-state index in [2.05, 4.69) is 20.8 Å². The van der Waals surface area contributed by atoms with Crippen molar-refractivity contribution in [3.05, 3.63) is 70.9 Å². The molecule has 2 aliphatic heterocycles. The molecule has 1 fully saturated rings. The van der Waals surface area contributed by atoms with Crippen LogP contribution in [0.3, 0.4) is 0 Å². The molecular formula is C39H44N4O14. The number of ether oxygens (including phenoxy) is 3. The lowest BCUT2D eigenvalue weighted by Crippen LogP contribution is -2.58. The van der Waals surface area contributed by atoms with E-state index in [1.165, 1.54) is 32.0 Å². The van der Waals surface area contributed by atoms with E-state index in [0.717, 1.165) is 23.6 Å². The van der Waals surface area contributed by atoms with Crippen LogP contribution < -0.4 is 21.5 Å². The Labute approximate surface area is 326 Å². The van der Waals surface area contributed by atoms with Gasteiger partial charge in [-0.1, -0.05) is 32.0 Å². The molecule has 2 heterocycles. The van der Waals surface area contributed by atoms with Crippen LogP contribution in [0, 0.1) is 5.92 Å². The van der Waals surface area contributed by atoms with Crippen LogP contribution in [0.15, 0.2) is 69.9 Å². The van der Waals surface area contributed by atoms with Gasteiger partial charge in [-0.3, -0.25) is 34.2 Å². The fourth-order valence-electron chi connectivity index (χ4n) is 5.41. The van der Waals surface area contributed by atoms with Crippen molar-refractivity contribution in [1.82, 2.24) is 21.1 Å². The molecule has 4 unspecified atom stereocenters. The number of carbonyl (C=O) groups excluding carboxylic acids is 7. The topological polar surface area (TPSA) is 260 Å². The molecule has 5 N–H and O–H groups in total. The Bertz CT molecular complexity index is 2130. The minimum absolute atomic E-state index is 0.0714. The van der Waals surface area contributed by atoms with Crippen LogP contribution in [-0.2, 0) is 47.8 Å². The highest BCUT2D eigenvalue weighted by Gasteiger charge is 2.53. The van der Waals surface area contributed by atoms with Crippen molar-refractivity contribution in [1.29, 1.82) is 0 Å². The lowest BCUT2D eigenvalue weighted by molar-refractivity contribution is -0.152. The third kappa shape index (κ3) is 11.6. The number of rotatable bonds is 11. The number of amides is 4. The number of carbonyl (C=O) groups is 7. The van der Waals surface area contributed by atoms with Gasteiger partial charge >= 0.3 is 11.9 Å². The minimum atomic E-state index is -1.23. The smallest absolute Gasteiger partial charge is 0.338 e. The highest BCUT2D eigenvalue weighted by molar-refractivity contribution is 6.03. The predicted octanol–water partition coefficient (Wildman–Crippen LogP) is 1.81. The molecule has 0 bridgehead atoms. The van der Waals surface area contributed by atoms with Crippen molar-refractivity contribution in [2.45, 2.75) is 58.9 Å². The molecule has 0 aromatic heterocycles. The van der Waals surface area contributed by atoms with Gasteiger partial charge in [0.15, 0.2) is 17.6 Å². The number of aromatic hydroxyl groups is 2. The Morgan fingerprint density at radius 2 is 1.58 bits per heavy atom. The Hall–Kier alpha value is -6.82. The summed E-state index contributed by atoms with van der Waals surface area (Å²) in [7, 11) is 1.10. The van der Waals surface area contributed by atoms with E-state index in [-0.39, 0.29) is 29.5 Å². The molecule has 3 aliphatic rings. The number of para-hydroxylation sites is 1. The van der Waals surface area contributed by atoms with Crippen LogP contribution in [0.5, 0.6) is 11.5 Å². The lowest BCUT2D eigenvalue weighted by Gasteiger charge is -2.26. The van der Waals surface area contributed by atoms with Crippen molar-refractivity contribution in [3.63, 3.8) is 0 Å². The van der Waals surface area contributed by atoms with Gasteiger partial charge in [-0.2, -0.15) is 0 Å². The Morgan fingerprint density at radius 1 is 0.895 bits per heavy atom. The molecule has 2 aromatic rings. The fourth-order valence-corrected chi connectivity index (χ4v) is 5.41. The largest absolute Gasteiger partial charge is 0.508 e. The number of esters is 2. The number of nitrogens with one attached hydrogen (secondary N) is 3. The molecule has 2 aromatic carbocycles. The normalized spacial score (nSPS) is 15.0. The van der Waals surface area contributed by atoms with Gasteiger partial charge in [0.2, 0.25) is 11.8 Å². The first-order valence-electron chi connectivity index (χ1n) is 17.4. The number of hydrogen-bond acceptors (Lipinski definition) is 14. The zero-order valence-corrected chi connectivity index (χ0v) is 32.0. The maximum Gasteiger partial charge on any atom is 0.338 e. The van der Waals surface area contributed by atoms with E-state index >= 15 is 0 Å². The van der Waals surface area contributed by atoms with Crippen molar-refractivity contribution in [3.8, 4) is 33.9 Å². The van der Waals surface area contributed by atoms with Crippen LogP contribution in [-0.4, -0.2) is 102 Å². The third-order valence-corrected chi connectivity index (χ3v) is 8.19. The highest BCUT2D eigenvalue weighted by Crippen LogP contribution is 2.43. The first-order chi connectivity index (χ1) is 27.1. The second kappa shape index (κ2) is 20.2. The zero-order valence-electron chi connectivity index (χ0n) is 32.0. The first kappa shape index (κ1) is 44.6. The first-order valence-corrected chi connectivity index (χ1v) is 17.4. The number of hydrazine groups is 1. The Kier molecular flexibility index (Phi) is 15.8. The number of nitrogens with zero attached hydrogens (tertiary/aromatic N) is 1. The summed E-state index contributed by atoms with van der Waals surface area (Å²) in [5.74, 6) is -3.91. The summed E-state index contributed by atoms with van der Waals surface area (Å²) in [4.78, 5) is 91.9. The quantitative estimate of drug-likeness (QED) is 0.0628. The second-order valence-corrected chi connectivity index (χ2v) is 12.7. The Morgan fingerprint density at radius 3 is 2.19 bits per heavy atom. The highest BCUT2D eigenvalue weighted by atomic mass is 16.6. The maximum absolute atomic E-state index is 12.6.